The van der Waals surface area contributed by atoms with Crippen molar-refractivity contribution in [1.29, 1.82) is 15.8 Å². The first kappa shape index (κ1) is 20.4. The zero-order valence-electron chi connectivity index (χ0n) is 14.1. The lowest BCUT2D eigenvalue weighted by molar-refractivity contribution is 0.176. The van der Waals surface area contributed by atoms with E-state index in [1.54, 1.807) is 0 Å². The fraction of sp³-hybridized carbons (Fsp3) is 0.824. The van der Waals surface area contributed by atoms with E-state index in [1.807, 2.05) is 0 Å². The van der Waals surface area contributed by atoms with Gasteiger partial charge in [-0.15, -0.1) is 0 Å². The predicted molar refractivity (Wildman–Crippen MR) is 87.6 cm³/mol. The van der Waals surface area contributed by atoms with Crippen molar-refractivity contribution in [3.63, 3.8) is 0 Å². The molecular formula is C17H29N5. The molecule has 0 aromatic rings. The van der Waals surface area contributed by atoms with Gasteiger partial charge in [-0.25, -0.2) is 0 Å². The minimum atomic E-state index is 0.509. The summed E-state index contributed by atoms with van der Waals surface area (Å²) in [5.41, 5.74) is 0. The Morgan fingerprint density at radius 1 is 0.727 bits per heavy atom. The molecule has 0 aliphatic heterocycles. The van der Waals surface area contributed by atoms with Crippen molar-refractivity contribution < 1.29 is 0 Å². The summed E-state index contributed by atoms with van der Waals surface area (Å²) in [4.78, 5) is 4.60. The second-order valence-electron chi connectivity index (χ2n) is 5.60. The highest BCUT2D eigenvalue weighted by Crippen LogP contribution is 2.10. The van der Waals surface area contributed by atoms with Crippen LogP contribution in [0, 0.1) is 39.9 Å². The molecule has 1 atom stereocenters. The van der Waals surface area contributed by atoms with Crippen LogP contribution in [0.5, 0.6) is 0 Å². The molecule has 0 fully saturated rings. The van der Waals surface area contributed by atoms with Gasteiger partial charge in [-0.2, -0.15) is 15.8 Å². The highest BCUT2D eigenvalue weighted by atomic mass is 15.1. The summed E-state index contributed by atoms with van der Waals surface area (Å²) in [6, 6.07) is 6.59. The van der Waals surface area contributed by atoms with Gasteiger partial charge in [0, 0.05) is 52.0 Å². The SMILES string of the molecule is CCCN(CCC#N)CC(CC)CN(CCC#N)CCC#N. The number of hydrogen-bond acceptors (Lipinski definition) is 5. The maximum atomic E-state index is 8.77. The van der Waals surface area contributed by atoms with Crippen LogP contribution < -0.4 is 0 Å². The summed E-state index contributed by atoms with van der Waals surface area (Å²) in [5, 5.41) is 26.3. The van der Waals surface area contributed by atoms with Crippen LogP contribution in [0.3, 0.4) is 0 Å². The van der Waals surface area contributed by atoms with Crippen molar-refractivity contribution in [3.8, 4) is 18.2 Å². The maximum Gasteiger partial charge on any atom is 0.0635 e. The molecule has 5 heteroatoms. The van der Waals surface area contributed by atoms with Crippen LogP contribution in [0.2, 0.25) is 0 Å². The summed E-state index contributed by atoms with van der Waals surface area (Å²) < 4.78 is 0. The molecule has 0 radical (unpaired) electrons. The molecule has 0 N–H and O–H groups in total. The van der Waals surface area contributed by atoms with Gasteiger partial charge in [0.15, 0.2) is 0 Å². The second kappa shape index (κ2) is 14.3. The number of nitrogens with zero attached hydrogens (tertiary/aromatic N) is 5. The Labute approximate surface area is 135 Å². The average Bonchev–Trinajstić information content (AvgIpc) is 2.54. The third-order valence-electron chi connectivity index (χ3n) is 3.77. The van der Waals surface area contributed by atoms with Gasteiger partial charge in [-0.1, -0.05) is 20.3 Å². The molecule has 0 bridgehead atoms. The molecule has 0 amide bonds. The lowest BCUT2D eigenvalue weighted by atomic mass is 10.0. The Kier molecular flexibility index (Phi) is 13.3. The first-order chi connectivity index (χ1) is 10.7. The van der Waals surface area contributed by atoms with E-state index in [2.05, 4.69) is 41.9 Å². The van der Waals surface area contributed by atoms with Crippen LogP contribution in [-0.2, 0) is 0 Å². The summed E-state index contributed by atoms with van der Waals surface area (Å²) in [5.74, 6) is 0.516. The third-order valence-corrected chi connectivity index (χ3v) is 3.77. The number of hydrogen-bond donors (Lipinski definition) is 0. The van der Waals surface area contributed by atoms with Crippen molar-refractivity contribution in [3.05, 3.63) is 0 Å². The largest absolute Gasteiger partial charge is 0.302 e. The van der Waals surface area contributed by atoms with Gasteiger partial charge in [0.2, 0.25) is 0 Å². The fourth-order valence-corrected chi connectivity index (χ4v) is 2.58. The summed E-state index contributed by atoms with van der Waals surface area (Å²) in [7, 11) is 0. The molecule has 122 valence electrons. The minimum absolute atomic E-state index is 0.509. The molecule has 0 aliphatic rings. The monoisotopic (exact) mass is 303 g/mol. The van der Waals surface area contributed by atoms with Gasteiger partial charge in [0.25, 0.3) is 0 Å². The van der Waals surface area contributed by atoms with Gasteiger partial charge in [0.05, 0.1) is 18.2 Å². The van der Waals surface area contributed by atoms with Crippen molar-refractivity contribution >= 4 is 0 Å². The zero-order valence-corrected chi connectivity index (χ0v) is 14.1. The van der Waals surface area contributed by atoms with E-state index in [-0.39, 0.29) is 0 Å². The van der Waals surface area contributed by atoms with Crippen LogP contribution in [-0.4, -0.2) is 49.1 Å². The van der Waals surface area contributed by atoms with E-state index in [4.69, 9.17) is 15.8 Å². The van der Waals surface area contributed by atoms with Crippen LogP contribution in [0.1, 0.15) is 46.0 Å². The summed E-state index contributed by atoms with van der Waals surface area (Å²) in [6.07, 6.45) is 3.75. The minimum Gasteiger partial charge on any atom is -0.302 e. The van der Waals surface area contributed by atoms with Crippen LogP contribution >= 0.6 is 0 Å². The van der Waals surface area contributed by atoms with Gasteiger partial charge in [0.1, 0.15) is 0 Å². The van der Waals surface area contributed by atoms with Crippen LogP contribution in [0.15, 0.2) is 0 Å². The Bertz CT molecular complexity index is 369. The lowest BCUT2D eigenvalue weighted by Gasteiger charge is -2.30. The zero-order chi connectivity index (χ0) is 16.6. The van der Waals surface area contributed by atoms with Gasteiger partial charge in [-0.05, 0) is 18.9 Å². The molecule has 0 aromatic heterocycles. The van der Waals surface area contributed by atoms with E-state index in [1.165, 1.54) is 0 Å². The number of rotatable bonds is 13. The highest BCUT2D eigenvalue weighted by molar-refractivity contribution is 4.79. The maximum absolute atomic E-state index is 8.77. The second-order valence-corrected chi connectivity index (χ2v) is 5.60. The molecular weight excluding hydrogens is 274 g/mol. The van der Waals surface area contributed by atoms with E-state index in [9.17, 15) is 0 Å². The van der Waals surface area contributed by atoms with E-state index in [0.717, 1.165) is 52.1 Å². The smallest absolute Gasteiger partial charge is 0.0635 e. The molecule has 0 aromatic carbocycles. The Hall–Kier alpha value is -1.61. The Morgan fingerprint density at radius 3 is 1.45 bits per heavy atom. The van der Waals surface area contributed by atoms with Crippen molar-refractivity contribution in [2.24, 2.45) is 5.92 Å². The van der Waals surface area contributed by atoms with E-state index < -0.39 is 0 Å². The topological polar surface area (TPSA) is 77.8 Å². The molecule has 0 saturated carbocycles. The summed E-state index contributed by atoms with van der Waals surface area (Å²) >= 11 is 0. The van der Waals surface area contributed by atoms with Gasteiger partial charge in [-0.3, -0.25) is 0 Å². The quantitative estimate of drug-likeness (QED) is 0.523. The third kappa shape index (κ3) is 10.2. The standard InChI is InChI=1S/C17H29N5/c1-3-11-21(12-5-8-18)15-17(4-2)16-22(13-6-9-19)14-7-10-20/h17H,3-7,11-16H2,1-2H3. The first-order valence-electron chi connectivity index (χ1n) is 8.27. The molecule has 5 nitrogen and oxygen atoms in total. The predicted octanol–water partition coefficient (Wildman–Crippen LogP) is 2.77. The molecule has 0 saturated heterocycles. The van der Waals surface area contributed by atoms with Crippen LogP contribution in [0.4, 0.5) is 0 Å². The summed E-state index contributed by atoms with van der Waals surface area (Å²) in [6.45, 7) is 9.58. The van der Waals surface area contributed by atoms with Gasteiger partial charge >= 0.3 is 0 Å². The van der Waals surface area contributed by atoms with E-state index >= 15 is 0 Å². The molecule has 1 unspecified atom stereocenters. The molecule has 0 rings (SSSR count). The average molecular weight is 303 g/mol. The molecule has 0 aliphatic carbocycles. The lowest BCUT2D eigenvalue weighted by Crippen LogP contribution is -2.38. The van der Waals surface area contributed by atoms with E-state index in [0.29, 0.717) is 25.2 Å². The normalized spacial score (nSPS) is 11.9. The van der Waals surface area contributed by atoms with Crippen molar-refractivity contribution in [1.82, 2.24) is 9.80 Å². The van der Waals surface area contributed by atoms with Crippen molar-refractivity contribution in [2.75, 3.05) is 39.3 Å². The first-order valence-corrected chi connectivity index (χ1v) is 8.27. The fourth-order valence-electron chi connectivity index (χ4n) is 2.58. The molecule has 22 heavy (non-hydrogen) atoms. The van der Waals surface area contributed by atoms with Crippen molar-refractivity contribution in [2.45, 2.75) is 46.0 Å². The van der Waals surface area contributed by atoms with Crippen LogP contribution in [0.25, 0.3) is 0 Å². The number of nitriles is 3. The molecule has 0 spiro atoms. The Morgan fingerprint density at radius 2 is 1.14 bits per heavy atom. The highest BCUT2D eigenvalue weighted by Gasteiger charge is 2.16. The van der Waals surface area contributed by atoms with Gasteiger partial charge < -0.3 is 9.80 Å². The molecule has 0 heterocycles. The Balaban J connectivity index is 4.51.